The van der Waals surface area contributed by atoms with E-state index in [1.165, 1.54) is 24.3 Å². The van der Waals surface area contributed by atoms with E-state index in [1.54, 1.807) is 31.2 Å². The first-order valence-corrected chi connectivity index (χ1v) is 6.66. The maximum absolute atomic E-state index is 12.8. The molecule has 2 aromatic rings. The lowest BCUT2D eigenvalue weighted by molar-refractivity contribution is -0.152. The van der Waals surface area contributed by atoms with Crippen molar-refractivity contribution in [3.63, 3.8) is 0 Å². The number of esters is 1. The van der Waals surface area contributed by atoms with Crippen molar-refractivity contribution >= 4 is 5.97 Å². The van der Waals surface area contributed by atoms with E-state index in [2.05, 4.69) is 0 Å². The van der Waals surface area contributed by atoms with Crippen LogP contribution in [0.1, 0.15) is 18.1 Å². The Morgan fingerprint density at radius 1 is 1.27 bits per heavy atom. The highest BCUT2D eigenvalue weighted by atomic mass is 19.1. The predicted octanol–water partition coefficient (Wildman–Crippen LogP) is 3.21. The molecule has 0 bridgehead atoms. The summed E-state index contributed by atoms with van der Waals surface area (Å²) in [4.78, 5) is 11.9. The molecule has 0 aliphatic carbocycles. The van der Waals surface area contributed by atoms with E-state index in [1.807, 2.05) is 6.07 Å². The summed E-state index contributed by atoms with van der Waals surface area (Å²) in [6.07, 6.45) is -0.815. The topological polar surface area (TPSA) is 59.3 Å². The fourth-order valence-corrected chi connectivity index (χ4v) is 1.77. The van der Waals surface area contributed by atoms with Gasteiger partial charge in [0, 0.05) is 0 Å². The highest BCUT2D eigenvalue weighted by Gasteiger charge is 2.16. The van der Waals surface area contributed by atoms with E-state index >= 15 is 0 Å². The van der Waals surface area contributed by atoms with Crippen LogP contribution in [-0.4, -0.2) is 12.1 Å². The Morgan fingerprint density at radius 3 is 2.68 bits per heavy atom. The number of nitriles is 1. The molecule has 0 aliphatic rings. The second-order valence-electron chi connectivity index (χ2n) is 4.63. The number of nitrogens with zero attached hydrogens (tertiary/aromatic N) is 1. The summed E-state index contributed by atoms with van der Waals surface area (Å²) in [5.41, 5.74) is 1.23. The maximum Gasteiger partial charge on any atom is 0.347 e. The molecule has 0 saturated carbocycles. The number of hydrogen-bond donors (Lipinski definition) is 0. The van der Waals surface area contributed by atoms with Gasteiger partial charge in [0.2, 0.25) is 0 Å². The first kappa shape index (κ1) is 15.5. The van der Waals surface area contributed by atoms with Crippen molar-refractivity contribution in [3.8, 4) is 11.8 Å². The van der Waals surface area contributed by atoms with Gasteiger partial charge in [0.25, 0.3) is 0 Å². The molecule has 0 heterocycles. The minimum Gasteiger partial charge on any atom is -0.479 e. The highest BCUT2D eigenvalue weighted by Crippen LogP contribution is 2.14. The average molecular weight is 299 g/mol. The predicted molar refractivity (Wildman–Crippen MR) is 77.4 cm³/mol. The summed E-state index contributed by atoms with van der Waals surface area (Å²) in [6, 6.07) is 14.2. The summed E-state index contributed by atoms with van der Waals surface area (Å²) >= 11 is 0. The zero-order valence-electron chi connectivity index (χ0n) is 12.0. The summed E-state index contributed by atoms with van der Waals surface area (Å²) < 4.78 is 23.3. The molecule has 5 heteroatoms. The van der Waals surface area contributed by atoms with E-state index in [9.17, 15) is 9.18 Å². The SMILES string of the molecule is C[C@@H](Oc1ccc(F)cc1)C(=O)OCc1cccc(C#N)c1. The van der Waals surface area contributed by atoms with E-state index in [0.717, 1.165) is 5.56 Å². The van der Waals surface area contributed by atoms with Gasteiger partial charge in [-0.05, 0) is 48.9 Å². The fraction of sp³-hybridized carbons (Fsp3) is 0.176. The molecule has 0 N–H and O–H groups in total. The number of ether oxygens (including phenoxy) is 2. The molecule has 2 rings (SSSR count). The fourth-order valence-electron chi connectivity index (χ4n) is 1.77. The van der Waals surface area contributed by atoms with Crippen LogP contribution in [-0.2, 0) is 16.1 Å². The quantitative estimate of drug-likeness (QED) is 0.795. The Kier molecular flexibility index (Phi) is 5.10. The summed E-state index contributed by atoms with van der Waals surface area (Å²) in [6.45, 7) is 1.61. The van der Waals surface area contributed by atoms with E-state index in [4.69, 9.17) is 14.7 Å². The van der Waals surface area contributed by atoms with Crippen molar-refractivity contribution in [2.45, 2.75) is 19.6 Å². The Labute approximate surface area is 127 Å². The van der Waals surface area contributed by atoms with Crippen LogP contribution in [0.3, 0.4) is 0 Å². The van der Waals surface area contributed by atoms with Crippen LogP contribution in [0, 0.1) is 17.1 Å². The standard InChI is InChI=1S/C17H14FNO3/c1-12(22-16-7-5-15(18)6-8-16)17(20)21-11-14-4-2-3-13(9-14)10-19/h2-9,12H,11H2,1H3/t12-/m1/s1. The number of carbonyl (C=O) groups excluding carboxylic acids is 1. The van der Waals surface area contributed by atoms with Crippen LogP contribution in [0.2, 0.25) is 0 Å². The Morgan fingerprint density at radius 2 is 2.00 bits per heavy atom. The van der Waals surface area contributed by atoms with Gasteiger partial charge in [-0.2, -0.15) is 5.26 Å². The van der Waals surface area contributed by atoms with E-state index in [0.29, 0.717) is 11.3 Å². The third kappa shape index (κ3) is 4.32. The average Bonchev–Trinajstić information content (AvgIpc) is 2.54. The normalized spacial score (nSPS) is 11.3. The summed E-state index contributed by atoms with van der Waals surface area (Å²) in [7, 11) is 0. The largest absolute Gasteiger partial charge is 0.479 e. The molecular formula is C17H14FNO3. The van der Waals surface area contributed by atoms with Crippen LogP contribution in [0.15, 0.2) is 48.5 Å². The van der Waals surface area contributed by atoms with Crippen molar-refractivity contribution < 1.29 is 18.7 Å². The van der Waals surface area contributed by atoms with Crippen LogP contribution < -0.4 is 4.74 Å². The molecule has 0 unspecified atom stereocenters. The zero-order chi connectivity index (χ0) is 15.9. The van der Waals surface area contributed by atoms with Crippen LogP contribution >= 0.6 is 0 Å². The zero-order valence-corrected chi connectivity index (χ0v) is 12.0. The lowest BCUT2D eigenvalue weighted by Crippen LogP contribution is -2.26. The lowest BCUT2D eigenvalue weighted by Gasteiger charge is -2.14. The molecule has 0 aliphatic heterocycles. The van der Waals surface area contributed by atoms with Gasteiger partial charge in [-0.1, -0.05) is 12.1 Å². The summed E-state index contributed by atoms with van der Waals surface area (Å²) in [5.74, 6) is -0.524. The first-order valence-electron chi connectivity index (χ1n) is 6.66. The number of halogens is 1. The molecule has 0 fully saturated rings. The van der Waals surface area contributed by atoms with Crippen molar-refractivity contribution in [1.29, 1.82) is 5.26 Å². The third-order valence-corrected chi connectivity index (χ3v) is 2.90. The number of carbonyl (C=O) groups is 1. The van der Waals surface area contributed by atoms with Gasteiger partial charge in [-0.25, -0.2) is 9.18 Å². The van der Waals surface area contributed by atoms with Gasteiger partial charge in [-0.3, -0.25) is 0 Å². The van der Waals surface area contributed by atoms with Gasteiger partial charge in [0.05, 0.1) is 11.6 Å². The molecule has 112 valence electrons. The minimum atomic E-state index is -0.815. The number of hydrogen-bond acceptors (Lipinski definition) is 4. The third-order valence-electron chi connectivity index (χ3n) is 2.90. The second kappa shape index (κ2) is 7.23. The van der Waals surface area contributed by atoms with Crippen LogP contribution in [0.25, 0.3) is 0 Å². The smallest absolute Gasteiger partial charge is 0.347 e. The molecule has 0 amide bonds. The Hall–Kier alpha value is -2.87. The molecule has 1 atom stereocenters. The monoisotopic (exact) mass is 299 g/mol. The highest BCUT2D eigenvalue weighted by molar-refractivity contribution is 5.74. The number of rotatable bonds is 5. The molecule has 4 nitrogen and oxygen atoms in total. The second-order valence-corrected chi connectivity index (χ2v) is 4.63. The van der Waals surface area contributed by atoms with Crippen LogP contribution in [0.4, 0.5) is 4.39 Å². The first-order chi connectivity index (χ1) is 10.6. The maximum atomic E-state index is 12.8. The summed E-state index contributed by atoms with van der Waals surface area (Å²) in [5, 5.41) is 8.81. The molecule has 22 heavy (non-hydrogen) atoms. The Bertz CT molecular complexity index is 692. The van der Waals surface area contributed by atoms with Gasteiger partial charge in [-0.15, -0.1) is 0 Å². The van der Waals surface area contributed by atoms with Crippen molar-refractivity contribution in [3.05, 3.63) is 65.5 Å². The van der Waals surface area contributed by atoms with Crippen molar-refractivity contribution in [2.24, 2.45) is 0 Å². The molecule has 2 aromatic carbocycles. The van der Waals surface area contributed by atoms with Crippen LogP contribution in [0.5, 0.6) is 5.75 Å². The number of benzene rings is 2. The molecule has 0 radical (unpaired) electrons. The molecular weight excluding hydrogens is 285 g/mol. The molecule has 0 spiro atoms. The van der Waals surface area contributed by atoms with E-state index in [-0.39, 0.29) is 12.4 Å². The van der Waals surface area contributed by atoms with Gasteiger partial charge >= 0.3 is 5.97 Å². The lowest BCUT2D eigenvalue weighted by atomic mass is 10.1. The Balaban J connectivity index is 1.88. The van der Waals surface area contributed by atoms with Crippen molar-refractivity contribution in [2.75, 3.05) is 0 Å². The molecule has 0 saturated heterocycles. The van der Waals surface area contributed by atoms with Gasteiger partial charge < -0.3 is 9.47 Å². The van der Waals surface area contributed by atoms with Gasteiger partial charge in [0.15, 0.2) is 6.10 Å². The minimum absolute atomic E-state index is 0.0610. The molecule has 0 aromatic heterocycles. The van der Waals surface area contributed by atoms with Gasteiger partial charge in [0.1, 0.15) is 18.2 Å². The van der Waals surface area contributed by atoms with E-state index < -0.39 is 12.1 Å². The van der Waals surface area contributed by atoms with Crippen molar-refractivity contribution in [1.82, 2.24) is 0 Å².